The third kappa shape index (κ3) is 2.37. The van der Waals surface area contributed by atoms with Gasteiger partial charge in [0.25, 0.3) is 0 Å². The molecule has 2 N–H and O–H groups in total. The molecule has 0 bridgehead atoms. The van der Waals surface area contributed by atoms with E-state index in [1.54, 1.807) is 0 Å². The molecule has 2 aromatic rings. The molecule has 0 amide bonds. The fourth-order valence-electron chi connectivity index (χ4n) is 1.67. The molecule has 0 radical (unpaired) electrons. The van der Waals surface area contributed by atoms with Crippen molar-refractivity contribution in [3.63, 3.8) is 0 Å². The minimum absolute atomic E-state index is 0.00426. The van der Waals surface area contributed by atoms with Crippen LogP contribution in [0.3, 0.4) is 0 Å². The number of benzene rings is 1. The summed E-state index contributed by atoms with van der Waals surface area (Å²) >= 11 is 0. The SMILES string of the molecule is COC(=O)c1ncc(F)c(-c2ccc(F)cc2)c1N. The zero-order chi connectivity index (χ0) is 14.0. The minimum atomic E-state index is -0.763. The van der Waals surface area contributed by atoms with Crippen LogP contribution in [0.15, 0.2) is 30.5 Å². The predicted octanol–water partition coefficient (Wildman–Crippen LogP) is 2.40. The highest BCUT2D eigenvalue weighted by atomic mass is 19.1. The van der Waals surface area contributed by atoms with E-state index in [0.29, 0.717) is 5.56 Å². The molecule has 1 aromatic heterocycles. The molecule has 0 fully saturated rings. The lowest BCUT2D eigenvalue weighted by molar-refractivity contribution is 0.0595. The van der Waals surface area contributed by atoms with Crippen LogP contribution in [0.5, 0.6) is 0 Å². The number of nitrogen functional groups attached to an aromatic ring is 1. The van der Waals surface area contributed by atoms with E-state index in [0.717, 1.165) is 6.20 Å². The summed E-state index contributed by atoms with van der Waals surface area (Å²) in [6.45, 7) is 0. The van der Waals surface area contributed by atoms with Crippen LogP contribution in [0.1, 0.15) is 10.5 Å². The van der Waals surface area contributed by atoms with Gasteiger partial charge < -0.3 is 10.5 Å². The molecule has 0 aliphatic carbocycles. The van der Waals surface area contributed by atoms with Crippen LogP contribution in [0, 0.1) is 11.6 Å². The molecule has 0 saturated carbocycles. The highest BCUT2D eigenvalue weighted by Gasteiger charge is 2.19. The Morgan fingerprint density at radius 2 is 1.89 bits per heavy atom. The first kappa shape index (κ1) is 12.9. The minimum Gasteiger partial charge on any atom is -0.464 e. The molecule has 6 heteroatoms. The maximum absolute atomic E-state index is 13.8. The third-order valence-corrected chi connectivity index (χ3v) is 2.58. The smallest absolute Gasteiger partial charge is 0.358 e. The van der Waals surface area contributed by atoms with E-state index in [2.05, 4.69) is 9.72 Å². The van der Waals surface area contributed by atoms with Gasteiger partial charge in [-0.1, -0.05) is 12.1 Å². The zero-order valence-electron chi connectivity index (χ0n) is 9.98. The van der Waals surface area contributed by atoms with E-state index in [1.165, 1.54) is 31.4 Å². The van der Waals surface area contributed by atoms with Crippen LogP contribution in [-0.4, -0.2) is 18.1 Å². The van der Waals surface area contributed by atoms with Gasteiger partial charge in [-0.2, -0.15) is 0 Å². The van der Waals surface area contributed by atoms with Gasteiger partial charge in [0.2, 0.25) is 0 Å². The van der Waals surface area contributed by atoms with Crippen molar-refractivity contribution in [3.8, 4) is 11.1 Å². The predicted molar refractivity (Wildman–Crippen MR) is 65.3 cm³/mol. The molecule has 0 aliphatic rings. The first-order chi connectivity index (χ1) is 9.04. The molecule has 0 spiro atoms. The maximum atomic E-state index is 13.8. The topological polar surface area (TPSA) is 65.2 Å². The van der Waals surface area contributed by atoms with E-state index in [1.807, 2.05) is 0 Å². The summed E-state index contributed by atoms with van der Waals surface area (Å²) in [7, 11) is 1.17. The molecule has 4 nitrogen and oxygen atoms in total. The van der Waals surface area contributed by atoms with E-state index in [-0.39, 0.29) is 16.9 Å². The van der Waals surface area contributed by atoms with E-state index in [9.17, 15) is 13.6 Å². The van der Waals surface area contributed by atoms with Crippen LogP contribution < -0.4 is 5.73 Å². The van der Waals surface area contributed by atoms with Crippen molar-refractivity contribution in [1.29, 1.82) is 0 Å². The molecule has 1 heterocycles. The molecule has 19 heavy (non-hydrogen) atoms. The second kappa shape index (κ2) is 5.01. The lowest BCUT2D eigenvalue weighted by Gasteiger charge is -2.10. The van der Waals surface area contributed by atoms with Gasteiger partial charge in [0.1, 0.15) is 5.82 Å². The average Bonchev–Trinajstić information content (AvgIpc) is 2.40. The molecule has 0 aliphatic heterocycles. The van der Waals surface area contributed by atoms with Crippen molar-refractivity contribution < 1.29 is 18.3 Å². The van der Waals surface area contributed by atoms with Crippen molar-refractivity contribution in [3.05, 3.63) is 47.8 Å². The normalized spacial score (nSPS) is 10.3. The highest BCUT2D eigenvalue weighted by molar-refractivity contribution is 5.97. The number of hydrogen-bond donors (Lipinski definition) is 1. The number of nitrogens with zero attached hydrogens (tertiary/aromatic N) is 1. The summed E-state index contributed by atoms with van der Waals surface area (Å²) in [5.74, 6) is -1.91. The molecular formula is C13H10F2N2O2. The van der Waals surface area contributed by atoms with Crippen LogP contribution in [-0.2, 0) is 4.74 Å². The van der Waals surface area contributed by atoms with E-state index >= 15 is 0 Å². The number of pyridine rings is 1. The number of rotatable bonds is 2. The number of nitrogens with two attached hydrogens (primary N) is 1. The Labute approximate surface area is 107 Å². The Morgan fingerprint density at radius 1 is 1.26 bits per heavy atom. The zero-order valence-corrected chi connectivity index (χ0v) is 9.98. The fourth-order valence-corrected chi connectivity index (χ4v) is 1.67. The van der Waals surface area contributed by atoms with Gasteiger partial charge in [-0.05, 0) is 17.7 Å². The Morgan fingerprint density at radius 3 is 2.47 bits per heavy atom. The number of carbonyl (C=O) groups is 1. The maximum Gasteiger partial charge on any atom is 0.358 e. The summed E-state index contributed by atoms with van der Waals surface area (Å²) in [4.78, 5) is 15.0. The first-order valence-corrected chi connectivity index (χ1v) is 5.32. The third-order valence-electron chi connectivity index (χ3n) is 2.58. The summed E-state index contributed by atoms with van der Waals surface area (Å²) < 4.78 is 31.2. The molecular weight excluding hydrogens is 254 g/mol. The number of anilines is 1. The molecule has 0 unspecified atom stereocenters. The first-order valence-electron chi connectivity index (χ1n) is 5.32. The summed E-state index contributed by atoms with van der Waals surface area (Å²) in [6.07, 6.45) is 0.876. The number of ether oxygens (including phenoxy) is 1. The Hall–Kier alpha value is -2.50. The highest BCUT2D eigenvalue weighted by Crippen LogP contribution is 2.30. The lowest BCUT2D eigenvalue weighted by Crippen LogP contribution is -2.10. The number of hydrogen-bond acceptors (Lipinski definition) is 4. The second-order valence-electron chi connectivity index (χ2n) is 3.74. The standard InChI is InChI=1S/C13H10F2N2O2/c1-19-13(18)12-11(16)10(9(15)6-17-12)7-2-4-8(14)5-3-7/h2-6H,16H2,1H3. The quantitative estimate of drug-likeness (QED) is 0.846. The lowest BCUT2D eigenvalue weighted by atomic mass is 10.0. The Bertz CT molecular complexity index is 627. The van der Waals surface area contributed by atoms with Crippen LogP contribution in [0.4, 0.5) is 14.5 Å². The molecule has 2 rings (SSSR count). The number of methoxy groups -OCH3 is 1. The fraction of sp³-hybridized carbons (Fsp3) is 0.0769. The van der Waals surface area contributed by atoms with Crippen LogP contribution in [0.2, 0.25) is 0 Å². The van der Waals surface area contributed by atoms with Gasteiger partial charge in [-0.3, -0.25) is 0 Å². The molecule has 98 valence electrons. The second-order valence-corrected chi connectivity index (χ2v) is 3.74. The van der Waals surface area contributed by atoms with Crippen molar-refractivity contribution >= 4 is 11.7 Å². The number of carbonyl (C=O) groups excluding carboxylic acids is 1. The van der Waals surface area contributed by atoms with Crippen molar-refractivity contribution in [2.75, 3.05) is 12.8 Å². The van der Waals surface area contributed by atoms with Crippen molar-refractivity contribution in [1.82, 2.24) is 4.98 Å². The van der Waals surface area contributed by atoms with Crippen molar-refractivity contribution in [2.45, 2.75) is 0 Å². The largest absolute Gasteiger partial charge is 0.464 e. The molecule has 1 aromatic carbocycles. The van der Waals surface area contributed by atoms with Gasteiger partial charge in [0, 0.05) is 5.56 Å². The summed E-state index contributed by atoms with van der Waals surface area (Å²) in [6, 6.07) is 5.08. The average molecular weight is 264 g/mol. The van der Waals surface area contributed by atoms with Gasteiger partial charge in [0.15, 0.2) is 11.5 Å². The summed E-state index contributed by atoms with van der Waals surface area (Å²) in [5, 5.41) is 0. The molecule has 0 atom stereocenters. The van der Waals surface area contributed by atoms with Gasteiger partial charge >= 0.3 is 5.97 Å². The number of esters is 1. The number of halogens is 2. The van der Waals surface area contributed by atoms with E-state index in [4.69, 9.17) is 5.73 Å². The van der Waals surface area contributed by atoms with Gasteiger partial charge in [0.05, 0.1) is 19.0 Å². The van der Waals surface area contributed by atoms with Gasteiger partial charge in [-0.15, -0.1) is 0 Å². The summed E-state index contributed by atoms with van der Waals surface area (Å²) in [5.41, 5.74) is 5.76. The van der Waals surface area contributed by atoms with Crippen LogP contribution in [0.25, 0.3) is 11.1 Å². The monoisotopic (exact) mass is 264 g/mol. The Kier molecular flexibility index (Phi) is 3.41. The number of aromatic nitrogens is 1. The van der Waals surface area contributed by atoms with E-state index < -0.39 is 17.6 Å². The Balaban J connectivity index is 2.62. The van der Waals surface area contributed by atoms with Gasteiger partial charge in [-0.25, -0.2) is 18.6 Å². The van der Waals surface area contributed by atoms with Crippen molar-refractivity contribution in [2.24, 2.45) is 0 Å². The van der Waals surface area contributed by atoms with Crippen LogP contribution >= 0.6 is 0 Å². The molecule has 0 saturated heterocycles.